The normalized spacial score (nSPS) is 9.86. The molecule has 1 N–H and O–H groups in total. The monoisotopic (exact) mass is 295 g/mol. The summed E-state index contributed by atoms with van der Waals surface area (Å²) in [5.74, 6) is -1.33. The average Bonchev–Trinajstić information content (AvgIpc) is 2.48. The molecular formula is C13H17N3O5. The highest BCUT2D eigenvalue weighted by atomic mass is 16.6. The van der Waals surface area contributed by atoms with Crippen LogP contribution in [0, 0.1) is 10.1 Å². The number of methoxy groups -OCH3 is 1. The maximum absolute atomic E-state index is 11.9. The van der Waals surface area contributed by atoms with Crippen molar-refractivity contribution in [2.45, 2.75) is 13.8 Å². The molecule has 1 rings (SSSR count). The van der Waals surface area contributed by atoms with Gasteiger partial charge in [0.25, 0.3) is 5.69 Å². The molecule has 1 aromatic rings. The number of nitrogens with one attached hydrogen (secondary N) is 1. The average molecular weight is 295 g/mol. The highest BCUT2D eigenvalue weighted by molar-refractivity contribution is 6.39. The fraction of sp³-hybridized carbons (Fsp3) is 0.385. The summed E-state index contributed by atoms with van der Waals surface area (Å²) in [6.45, 7) is 4.30. The van der Waals surface area contributed by atoms with Crippen LogP contribution >= 0.6 is 0 Å². The minimum Gasteiger partial charge on any atom is -0.495 e. The Morgan fingerprint density at radius 3 is 2.43 bits per heavy atom. The van der Waals surface area contributed by atoms with Crippen LogP contribution in [0.3, 0.4) is 0 Å². The zero-order valence-electron chi connectivity index (χ0n) is 12.1. The van der Waals surface area contributed by atoms with E-state index in [0.717, 1.165) is 6.07 Å². The van der Waals surface area contributed by atoms with Gasteiger partial charge in [-0.05, 0) is 19.9 Å². The molecule has 0 aliphatic heterocycles. The molecule has 8 heteroatoms. The van der Waals surface area contributed by atoms with E-state index in [2.05, 4.69) is 5.32 Å². The molecule has 0 radical (unpaired) electrons. The van der Waals surface area contributed by atoms with E-state index in [1.54, 1.807) is 13.8 Å². The molecule has 0 aromatic heterocycles. The number of hydrogen-bond acceptors (Lipinski definition) is 5. The second kappa shape index (κ2) is 7.22. The molecular weight excluding hydrogens is 278 g/mol. The molecule has 0 fully saturated rings. The first-order valence-corrected chi connectivity index (χ1v) is 6.37. The maximum Gasteiger partial charge on any atom is 0.314 e. The van der Waals surface area contributed by atoms with Crippen molar-refractivity contribution in [3.05, 3.63) is 28.3 Å². The highest BCUT2D eigenvalue weighted by Crippen LogP contribution is 2.28. The molecule has 0 atom stereocenters. The number of likely N-dealkylation sites (N-methyl/N-ethyl adjacent to an activating group) is 1. The first-order chi connectivity index (χ1) is 9.94. The Hall–Kier alpha value is -2.64. The van der Waals surface area contributed by atoms with E-state index in [1.165, 1.54) is 24.1 Å². The van der Waals surface area contributed by atoms with Crippen molar-refractivity contribution in [2.75, 3.05) is 25.5 Å². The van der Waals surface area contributed by atoms with E-state index in [1.807, 2.05) is 0 Å². The number of carbonyl (C=O) groups is 2. The van der Waals surface area contributed by atoms with Gasteiger partial charge in [0.15, 0.2) is 0 Å². The molecule has 0 heterocycles. The third-order valence-electron chi connectivity index (χ3n) is 2.89. The van der Waals surface area contributed by atoms with Gasteiger partial charge in [-0.3, -0.25) is 19.7 Å². The zero-order chi connectivity index (χ0) is 16.0. The Morgan fingerprint density at radius 1 is 1.33 bits per heavy atom. The van der Waals surface area contributed by atoms with E-state index in [4.69, 9.17) is 4.74 Å². The SMILES string of the molecule is CCN(CC)C(=O)C(=O)Nc1cc([N+](=O)[O-])ccc1OC. The Morgan fingerprint density at radius 2 is 1.95 bits per heavy atom. The first-order valence-electron chi connectivity index (χ1n) is 6.37. The fourth-order valence-corrected chi connectivity index (χ4v) is 1.74. The summed E-state index contributed by atoms with van der Waals surface area (Å²) in [5, 5.41) is 13.1. The van der Waals surface area contributed by atoms with Gasteiger partial charge in [0.05, 0.1) is 17.7 Å². The van der Waals surface area contributed by atoms with Crippen molar-refractivity contribution in [3.8, 4) is 5.75 Å². The minimum absolute atomic E-state index is 0.0807. The first kappa shape index (κ1) is 16.4. The van der Waals surface area contributed by atoms with Gasteiger partial charge < -0.3 is 15.0 Å². The number of carbonyl (C=O) groups excluding carboxylic acids is 2. The molecule has 0 bridgehead atoms. The summed E-state index contributed by atoms with van der Waals surface area (Å²) in [6.07, 6.45) is 0. The van der Waals surface area contributed by atoms with Crippen molar-refractivity contribution < 1.29 is 19.2 Å². The largest absolute Gasteiger partial charge is 0.495 e. The molecule has 2 amide bonds. The van der Waals surface area contributed by atoms with E-state index in [9.17, 15) is 19.7 Å². The number of benzene rings is 1. The number of rotatable bonds is 5. The molecule has 0 spiro atoms. The van der Waals surface area contributed by atoms with Crippen molar-refractivity contribution in [2.24, 2.45) is 0 Å². The second-order valence-electron chi connectivity index (χ2n) is 4.07. The summed E-state index contributed by atoms with van der Waals surface area (Å²) in [5.41, 5.74) is -0.126. The van der Waals surface area contributed by atoms with Gasteiger partial charge in [-0.25, -0.2) is 0 Å². The van der Waals surface area contributed by atoms with Crippen LogP contribution in [-0.2, 0) is 9.59 Å². The molecule has 8 nitrogen and oxygen atoms in total. The lowest BCUT2D eigenvalue weighted by molar-refractivity contribution is -0.384. The van der Waals surface area contributed by atoms with Crippen LogP contribution in [0.2, 0.25) is 0 Å². The van der Waals surface area contributed by atoms with Crippen LogP contribution in [0.15, 0.2) is 18.2 Å². The number of ether oxygens (including phenoxy) is 1. The van der Waals surface area contributed by atoms with Gasteiger partial charge in [0, 0.05) is 25.2 Å². The van der Waals surface area contributed by atoms with Gasteiger partial charge in [-0.15, -0.1) is 0 Å². The number of nitro benzene ring substituents is 1. The standard InChI is InChI=1S/C13H17N3O5/c1-4-15(5-2)13(18)12(17)14-10-8-9(16(19)20)6-7-11(10)21-3/h6-8H,4-5H2,1-3H3,(H,14,17). The Bertz CT molecular complexity index is 555. The molecule has 0 aliphatic carbocycles. The maximum atomic E-state index is 11.9. The van der Waals surface area contributed by atoms with Gasteiger partial charge >= 0.3 is 11.8 Å². The van der Waals surface area contributed by atoms with E-state index < -0.39 is 16.7 Å². The molecule has 1 aromatic carbocycles. The molecule has 21 heavy (non-hydrogen) atoms. The summed E-state index contributed by atoms with van der Waals surface area (Å²) >= 11 is 0. The third kappa shape index (κ3) is 3.91. The van der Waals surface area contributed by atoms with Crippen LogP contribution in [0.4, 0.5) is 11.4 Å². The van der Waals surface area contributed by atoms with Crippen LogP contribution in [0.5, 0.6) is 5.75 Å². The van der Waals surface area contributed by atoms with Gasteiger partial charge in [0.2, 0.25) is 0 Å². The van der Waals surface area contributed by atoms with E-state index in [0.29, 0.717) is 13.1 Å². The van der Waals surface area contributed by atoms with Gasteiger partial charge in [0.1, 0.15) is 5.75 Å². The van der Waals surface area contributed by atoms with Crippen molar-refractivity contribution in [1.82, 2.24) is 4.90 Å². The molecule has 0 unspecified atom stereocenters. The summed E-state index contributed by atoms with van der Waals surface area (Å²) in [4.78, 5) is 35.3. The summed E-state index contributed by atoms with van der Waals surface area (Å²) in [7, 11) is 1.36. The number of non-ortho nitro benzene ring substituents is 1. The lowest BCUT2D eigenvalue weighted by Gasteiger charge is -2.18. The molecule has 0 saturated heterocycles. The Balaban J connectivity index is 3.00. The number of hydrogen-bond donors (Lipinski definition) is 1. The number of nitro groups is 1. The van der Waals surface area contributed by atoms with Crippen LogP contribution in [0.1, 0.15) is 13.8 Å². The van der Waals surface area contributed by atoms with Crippen LogP contribution in [-0.4, -0.2) is 41.8 Å². The molecule has 0 saturated carbocycles. The second-order valence-corrected chi connectivity index (χ2v) is 4.07. The van der Waals surface area contributed by atoms with E-state index >= 15 is 0 Å². The topological polar surface area (TPSA) is 102 Å². The van der Waals surface area contributed by atoms with Crippen LogP contribution < -0.4 is 10.1 Å². The molecule has 0 aliphatic rings. The number of nitrogens with zero attached hydrogens (tertiary/aromatic N) is 2. The summed E-state index contributed by atoms with van der Waals surface area (Å²) < 4.78 is 5.01. The quantitative estimate of drug-likeness (QED) is 0.502. The van der Waals surface area contributed by atoms with Crippen molar-refractivity contribution >= 4 is 23.2 Å². The number of amides is 2. The predicted molar refractivity (Wildman–Crippen MR) is 76.2 cm³/mol. The number of anilines is 1. The fourth-order valence-electron chi connectivity index (χ4n) is 1.74. The minimum atomic E-state index is -0.863. The lowest BCUT2D eigenvalue weighted by Crippen LogP contribution is -2.39. The van der Waals surface area contributed by atoms with Gasteiger partial charge in [-0.1, -0.05) is 0 Å². The van der Waals surface area contributed by atoms with Crippen molar-refractivity contribution in [1.29, 1.82) is 0 Å². The van der Waals surface area contributed by atoms with Crippen molar-refractivity contribution in [3.63, 3.8) is 0 Å². The Kier molecular flexibility index (Phi) is 5.65. The van der Waals surface area contributed by atoms with E-state index in [-0.39, 0.29) is 17.1 Å². The van der Waals surface area contributed by atoms with Gasteiger partial charge in [-0.2, -0.15) is 0 Å². The Labute approximate surface area is 121 Å². The molecule has 114 valence electrons. The lowest BCUT2D eigenvalue weighted by atomic mass is 10.2. The smallest absolute Gasteiger partial charge is 0.314 e. The summed E-state index contributed by atoms with van der Waals surface area (Å²) in [6, 6.07) is 3.75. The third-order valence-corrected chi connectivity index (χ3v) is 2.89. The predicted octanol–water partition coefficient (Wildman–Crippen LogP) is 1.41. The van der Waals surface area contributed by atoms with Crippen LogP contribution in [0.25, 0.3) is 0 Å². The zero-order valence-corrected chi connectivity index (χ0v) is 12.1. The highest BCUT2D eigenvalue weighted by Gasteiger charge is 2.21.